The molecule has 1 aromatic carbocycles. The number of rotatable bonds is 7. The van der Waals surface area contributed by atoms with E-state index < -0.39 is 50.3 Å². The lowest BCUT2D eigenvalue weighted by Gasteiger charge is -2.12. The van der Waals surface area contributed by atoms with Crippen molar-refractivity contribution in [1.82, 2.24) is 5.32 Å². The lowest BCUT2D eigenvalue weighted by atomic mass is 10.0. The highest BCUT2D eigenvalue weighted by Crippen LogP contribution is 2.27. The van der Waals surface area contributed by atoms with Gasteiger partial charge < -0.3 is 10.6 Å². The van der Waals surface area contributed by atoms with Crippen molar-refractivity contribution in [2.24, 2.45) is 5.92 Å². The molecule has 0 spiro atoms. The Labute approximate surface area is 151 Å². The van der Waals surface area contributed by atoms with Gasteiger partial charge in [0.1, 0.15) is 17.4 Å². The summed E-state index contributed by atoms with van der Waals surface area (Å²) >= 11 is 0. The highest BCUT2D eigenvalue weighted by Gasteiger charge is 2.20. The van der Waals surface area contributed by atoms with Gasteiger partial charge in [-0.05, 0) is 18.4 Å². The Bertz CT molecular complexity index is 790. The van der Waals surface area contributed by atoms with Gasteiger partial charge in [-0.15, -0.1) is 0 Å². The van der Waals surface area contributed by atoms with Crippen LogP contribution in [0.2, 0.25) is 0 Å². The monoisotopic (exact) mass is 388 g/mol. The minimum Gasteiger partial charge on any atom is -0.352 e. The van der Waals surface area contributed by atoms with E-state index in [1.807, 2.05) is 0 Å². The van der Waals surface area contributed by atoms with Gasteiger partial charge in [0.05, 0.1) is 11.3 Å². The number of benzene rings is 1. The molecule has 0 aliphatic heterocycles. The quantitative estimate of drug-likeness (QED) is 0.749. The van der Waals surface area contributed by atoms with E-state index in [9.17, 15) is 26.8 Å². The highest BCUT2D eigenvalue weighted by atomic mass is 32.2. The Hall–Kier alpha value is -2.03. The maximum absolute atomic E-state index is 13.9. The van der Waals surface area contributed by atoms with Crippen molar-refractivity contribution in [3.63, 3.8) is 0 Å². The molecule has 26 heavy (non-hydrogen) atoms. The van der Waals surface area contributed by atoms with E-state index in [2.05, 4.69) is 10.6 Å². The third-order valence-corrected chi connectivity index (χ3v) is 5.07. The third kappa shape index (κ3) is 6.05. The van der Waals surface area contributed by atoms with Crippen molar-refractivity contribution >= 4 is 27.3 Å². The number of halogens is 2. The van der Waals surface area contributed by atoms with Gasteiger partial charge in [-0.25, -0.2) is 17.2 Å². The van der Waals surface area contributed by atoms with Gasteiger partial charge in [0, 0.05) is 18.9 Å². The maximum Gasteiger partial charge on any atom is 0.254 e. The van der Waals surface area contributed by atoms with Crippen molar-refractivity contribution in [3.05, 3.63) is 29.3 Å². The molecular weight excluding hydrogens is 366 g/mol. The second kappa shape index (κ2) is 8.57. The highest BCUT2D eigenvalue weighted by molar-refractivity contribution is 7.91. The second-order valence-electron chi connectivity index (χ2n) is 6.63. The minimum absolute atomic E-state index is 0.385. The number of carbonyl (C=O) groups excluding carboxylic acids is 2. The van der Waals surface area contributed by atoms with E-state index in [1.165, 1.54) is 12.8 Å². The summed E-state index contributed by atoms with van der Waals surface area (Å²) in [5, 5.41) is 4.65. The van der Waals surface area contributed by atoms with Crippen LogP contribution in [0.25, 0.3) is 0 Å². The molecule has 0 bridgehead atoms. The molecule has 0 unspecified atom stereocenters. The van der Waals surface area contributed by atoms with Gasteiger partial charge in [-0.2, -0.15) is 0 Å². The zero-order chi connectivity index (χ0) is 19.3. The average Bonchev–Trinajstić information content (AvgIpc) is 3.01. The van der Waals surface area contributed by atoms with E-state index in [0.717, 1.165) is 31.6 Å². The number of anilines is 1. The number of amides is 2. The molecule has 9 heteroatoms. The lowest BCUT2D eigenvalue weighted by molar-refractivity contribution is -0.113. The molecule has 1 aliphatic rings. The van der Waals surface area contributed by atoms with Gasteiger partial charge in [0.25, 0.3) is 5.91 Å². The molecule has 0 saturated heterocycles. The zero-order valence-corrected chi connectivity index (χ0v) is 15.3. The predicted molar refractivity (Wildman–Crippen MR) is 93.6 cm³/mol. The fraction of sp³-hybridized carbons (Fsp3) is 0.529. The van der Waals surface area contributed by atoms with Crippen LogP contribution in [-0.2, 0) is 14.6 Å². The number of carbonyl (C=O) groups is 2. The first-order valence-corrected chi connectivity index (χ1v) is 10.5. The van der Waals surface area contributed by atoms with Crippen LogP contribution in [0.5, 0.6) is 0 Å². The van der Waals surface area contributed by atoms with E-state index in [-0.39, 0.29) is 0 Å². The predicted octanol–water partition coefficient (Wildman–Crippen LogP) is 2.26. The molecule has 1 saturated carbocycles. The number of nitrogens with one attached hydrogen (secondary N) is 2. The summed E-state index contributed by atoms with van der Waals surface area (Å²) < 4.78 is 49.9. The largest absolute Gasteiger partial charge is 0.352 e. The summed E-state index contributed by atoms with van der Waals surface area (Å²) in [7, 11) is -3.60. The third-order valence-electron chi connectivity index (χ3n) is 4.28. The molecule has 1 aromatic rings. The van der Waals surface area contributed by atoms with Gasteiger partial charge in [-0.3, -0.25) is 9.59 Å². The molecule has 0 aromatic heterocycles. The van der Waals surface area contributed by atoms with Crippen LogP contribution in [0.3, 0.4) is 0 Å². The lowest BCUT2D eigenvalue weighted by Crippen LogP contribution is -2.27. The van der Waals surface area contributed by atoms with E-state index >= 15 is 0 Å². The molecule has 6 nitrogen and oxygen atoms in total. The summed E-state index contributed by atoms with van der Waals surface area (Å²) in [5.41, 5.74) is -0.853. The molecular formula is C17H22F2N2O4S. The molecule has 0 radical (unpaired) electrons. The van der Waals surface area contributed by atoms with Gasteiger partial charge in [-0.1, -0.05) is 25.7 Å². The van der Waals surface area contributed by atoms with Gasteiger partial charge >= 0.3 is 0 Å². The molecule has 0 atom stereocenters. The SMILES string of the molecule is CS(=O)(=O)CC(=O)Nc1cc(C(=O)NCCC2CCCC2)c(F)cc1F. The standard InChI is InChI=1S/C17H22F2N2O4S/c1-26(24,25)10-16(22)21-15-8-12(13(18)9-14(15)19)17(23)20-7-6-11-4-2-3-5-11/h8-9,11H,2-7,10H2,1H3,(H,20,23)(H,21,22). The molecule has 1 aliphatic carbocycles. The Balaban J connectivity index is 2.03. The van der Waals surface area contributed by atoms with E-state index in [1.54, 1.807) is 0 Å². The zero-order valence-electron chi connectivity index (χ0n) is 14.5. The molecule has 0 heterocycles. The number of hydrogen-bond acceptors (Lipinski definition) is 4. The Morgan fingerprint density at radius 2 is 1.81 bits per heavy atom. The molecule has 1 fully saturated rings. The number of hydrogen-bond donors (Lipinski definition) is 2. The van der Waals surface area contributed by atoms with Crippen molar-refractivity contribution in [1.29, 1.82) is 0 Å². The molecule has 2 amide bonds. The Morgan fingerprint density at radius 3 is 2.42 bits per heavy atom. The molecule has 2 N–H and O–H groups in total. The van der Waals surface area contributed by atoms with Crippen LogP contribution in [0.1, 0.15) is 42.5 Å². The first-order valence-electron chi connectivity index (χ1n) is 8.40. The van der Waals surface area contributed by atoms with E-state index in [4.69, 9.17) is 0 Å². The van der Waals surface area contributed by atoms with Crippen molar-refractivity contribution in [2.45, 2.75) is 32.1 Å². The summed E-state index contributed by atoms with van der Waals surface area (Å²) in [6, 6.07) is 1.36. The minimum atomic E-state index is -3.60. The van der Waals surface area contributed by atoms with Crippen LogP contribution in [0, 0.1) is 17.6 Å². The van der Waals surface area contributed by atoms with Crippen LogP contribution in [0.4, 0.5) is 14.5 Å². The van der Waals surface area contributed by atoms with Crippen LogP contribution in [0.15, 0.2) is 12.1 Å². The first-order chi connectivity index (χ1) is 12.2. The summed E-state index contributed by atoms with van der Waals surface area (Å²) in [6.07, 6.45) is 6.27. The van der Waals surface area contributed by atoms with Gasteiger partial charge in [0.15, 0.2) is 9.84 Å². The molecule has 144 valence electrons. The first kappa shape index (κ1) is 20.3. The summed E-state index contributed by atoms with van der Waals surface area (Å²) in [6.45, 7) is 0.385. The van der Waals surface area contributed by atoms with Crippen molar-refractivity contribution in [2.75, 3.05) is 23.9 Å². The van der Waals surface area contributed by atoms with Crippen LogP contribution >= 0.6 is 0 Å². The number of sulfone groups is 1. The second-order valence-corrected chi connectivity index (χ2v) is 8.77. The Morgan fingerprint density at radius 1 is 1.15 bits per heavy atom. The smallest absolute Gasteiger partial charge is 0.254 e. The summed E-state index contributed by atoms with van der Waals surface area (Å²) in [5.74, 6) is -4.11. The fourth-order valence-electron chi connectivity index (χ4n) is 3.03. The van der Waals surface area contributed by atoms with Crippen LogP contribution in [-0.4, -0.2) is 38.8 Å². The van der Waals surface area contributed by atoms with Crippen molar-refractivity contribution < 1.29 is 26.8 Å². The topological polar surface area (TPSA) is 92.3 Å². The average molecular weight is 388 g/mol. The molecule has 2 rings (SSSR count). The summed E-state index contributed by atoms with van der Waals surface area (Å²) in [4.78, 5) is 23.7. The Kier molecular flexibility index (Phi) is 6.69. The maximum atomic E-state index is 13.9. The van der Waals surface area contributed by atoms with E-state index in [0.29, 0.717) is 18.5 Å². The normalized spacial score (nSPS) is 15.0. The van der Waals surface area contributed by atoms with Crippen LogP contribution < -0.4 is 10.6 Å². The van der Waals surface area contributed by atoms with Crippen molar-refractivity contribution in [3.8, 4) is 0 Å². The van der Waals surface area contributed by atoms with Gasteiger partial charge in [0.2, 0.25) is 5.91 Å². The fourth-order valence-corrected chi connectivity index (χ4v) is 3.58.